The molecule has 0 radical (unpaired) electrons. The van der Waals surface area contributed by atoms with Gasteiger partial charge in [-0.2, -0.15) is 0 Å². The minimum Gasteiger partial charge on any atom is -0.296 e. The number of hydrogen-bond acceptors (Lipinski definition) is 6. The molecule has 0 atom stereocenters. The maximum Gasteiger partial charge on any atom is 0.202 e. The highest BCUT2D eigenvalue weighted by Crippen LogP contribution is 2.31. The topological polar surface area (TPSA) is 59.7 Å². The van der Waals surface area contributed by atoms with Gasteiger partial charge in [-0.3, -0.25) is 9.47 Å². The van der Waals surface area contributed by atoms with Crippen LogP contribution in [0.1, 0.15) is 31.3 Å². The van der Waals surface area contributed by atoms with Gasteiger partial charge >= 0.3 is 0 Å². The molecule has 2 aromatic heterocycles. The van der Waals surface area contributed by atoms with Crippen LogP contribution in [0.3, 0.4) is 0 Å². The number of aromatic nitrogens is 5. The smallest absolute Gasteiger partial charge is 0.202 e. The third kappa shape index (κ3) is 4.04. The number of benzene rings is 1. The van der Waals surface area contributed by atoms with Crippen LogP contribution in [0.4, 0.5) is 4.39 Å². The molecule has 0 bridgehead atoms. The maximum absolute atomic E-state index is 14.7. The fourth-order valence-corrected chi connectivity index (χ4v) is 4.24. The van der Waals surface area contributed by atoms with Crippen molar-refractivity contribution in [1.82, 2.24) is 29.6 Å². The third-order valence-electron chi connectivity index (χ3n) is 4.70. The molecule has 4 rings (SSSR count). The van der Waals surface area contributed by atoms with Crippen LogP contribution in [0.2, 0.25) is 5.02 Å². The summed E-state index contributed by atoms with van der Waals surface area (Å²) in [4.78, 5) is 10.5. The molecule has 1 aromatic carbocycles. The van der Waals surface area contributed by atoms with Crippen LogP contribution in [0.5, 0.6) is 0 Å². The summed E-state index contributed by atoms with van der Waals surface area (Å²) in [5, 5.41) is 10.2. The van der Waals surface area contributed by atoms with Gasteiger partial charge in [-0.15, -0.1) is 10.2 Å². The second-order valence-electron chi connectivity index (χ2n) is 6.59. The molecule has 28 heavy (non-hydrogen) atoms. The van der Waals surface area contributed by atoms with Crippen molar-refractivity contribution in [2.24, 2.45) is 0 Å². The Morgan fingerprint density at radius 2 is 1.86 bits per heavy atom. The van der Waals surface area contributed by atoms with E-state index in [9.17, 15) is 4.39 Å². The van der Waals surface area contributed by atoms with E-state index in [2.05, 4.69) is 25.1 Å². The second-order valence-corrected chi connectivity index (χ2v) is 7.98. The standard InChI is InChI=1S/C19H20ClFN6S/c1-2-15-17(21)18(23-12-22-15)28-19-25-24-16(11-26-9-3-4-10-26)27(19)14-7-5-13(20)6-8-14/h5-8,12H,2-4,9-11H2,1H3. The number of nitrogens with zero attached hydrogens (tertiary/aromatic N) is 6. The lowest BCUT2D eigenvalue weighted by molar-refractivity contribution is 0.319. The Bertz CT molecular complexity index is 956. The summed E-state index contributed by atoms with van der Waals surface area (Å²) in [6, 6.07) is 7.48. The second kappa shape index (κ2) is 8.55. The average Bonchev–Trinajstić information content (AvgIpc) is 3.35. The lowest BCUT2D eigenvalue weighted by Crippen LogP contribution is -2.21. The molecule has 1 aliphatic rings. The van der Waals surface area contributed by atoms with Crippen molar-refractivity contribution in [3.05, 3.63) is 53.0 Å². The molecule has 3 aromatic rings. The number of aryl methyl sites for hydroxylation is 1. The maximum atomic E-state index is 14.7. The normalized spacial score (nSPS) is 14.7. The van der Waals surface area contributed by atoms with Crippen molar-refractivity contribution in [1.29, 1.82) is 0 Å². The molecule has 6 nitrogen and oxygen atoms in total. The largest absolute Gasteiger partial charge is 0.296 e. The Balaban J connectivity index is 1.72. The van der Waals surface area contributed by atoms with E-state index in [1.165, 1.54) is 19.2 Å². The van der Waals surface area contributed by atoms with Crippen molar-refractivity contribution < 1.29 is 4.39 Å². The third-order valence-corrected chi connectivity index (χ3v) is 5.88. The van der Waals surface area contributed by atoms with Crippen LogP contribution in [-0.4, -0.2) is 42.7 Å². The zero-order valence-electron chi connectivity index (χ0n) is 15.5. The molecule has 1 fully saturated rings. The monoisotopic (exact) mass is 418 g/mol. The molecule has 9 heteroatoms. The summed E-state index contributed by atoms with van der Waals surface area (Å²) >= 11 is 7.21. The zero-order chi connectivity index (χ0) is 19.5. The van der Waals surface area contributed by atoms with E-state index in [4.69, 9.17) is 11.6 Å². The quantitative estimate of drug-likeness (QED) is 0.560. The van der Waals surface area contributed by atoms with E-state index in [0.717, 1.165) is 36.4 Å². The lowest BCUT2D eigenvalue weighted by atomic mass is 10.3. The van der Waals surface area contributed by atoms with Gasteiger partial charge in [0.05, 0.1) is 12.2 Å². The van der Waals surface area contributed by atoms with E-state index in [-0.39, 0.29) is 5.03 Å². The van der Waals surface area contributed by atoms with Crippen LogP contribution < -0.4 is 0 Å². The molecule has 0 unspecified atom stereocenters. The fourth-order valence-electron chi connectivity index (χ4n) is 3.25. The van der Waals surface area contributed by atoms with Crippen LogP contribution in [0.15, 0.2) is 40.8 Å². The van der Waals surface area contributed by atoms with Gasteiger partial charge in [0.15, 0.2) is 11.6 Å². The van der Waals surface area contributed by atoms with Crippen molar-refractivity contribution in [3.8, 4) is 5.69 Å². The number of hydrogen-bond donors (Lipinski definition) is 0. The Labute approximate surface area is 172 Å². The molecule has 0 saturated carbocycles. The molecule has 0 aliphatic carbocycles. The van der Waals surface area contributed by atoms with Gasteiger partial charge in [-0.05, 0) is 68.4 Å². The summed E-state index contributed by atoms with van der Waals surface area (Å²) < 4.78 is 16.6. The van der Waals surface area contributed by atoms with E-state index in [1.807, 2.05) is 35.8 Å². The van der Waals surface area contributed by atoms with Gasteiger partial charge in [-0.25, -0.2) is 14.4 Å². The van der Waals surface area contributed by atoms with Crippen LogP contribution >= 0.6 is 23.4 Å². The highest BCUT2D eigenvalue weighted by atomic mass is 35.5. The highest BCUT2D eigenvalue weighted by Gasteiger charge is 2.21. The number of likely N-dealkylation sites (tertiary alicyclic amines) is 1. The van der Waals surface area contributed by atoms with Crippen LogP contribution in [-0.2, 0) is 13.0 Å². The first kappa shape index (κ1) is 19.3. The predicted octanol–water partition coefficient (Wildman–Crippen LogP) is 4.16. The summed E-state index contributed by atoms with van der Waals surface area (Å²) in [5.41, 5.74) is 1.28. The Morgan fingerprint density at radius 3 is 2.57 bits per heavy atom. The SMILES string of the molecule is CCc1ncnc(Sc2nnc(CN3CCCC3)n2-c2ccc(Cl)cc2)c1F. The van der Waals surface area contributed by atoms with Crippen molar-refractivity contribution in [3.63, 3.8) is 0 Å². The average molecular weight is 419 g/mol. The van der Waals surface area contributed by atoms with Crippen molar-refractivity contribution in [2.75, 3.05) is 13.1 Å². The first-order valence-corrected chi connectivity index (χ1v) is 10.4. The summed E-state index contributed by atoms with van der Waals surface area (Å²) in [6.45, 7) is 4.67. The first-order valence-electron chi connectivity index (χ1n) is 9.25. The number of halogens is 2. The lowest BCUT2D eigenvalue weighted by Gasteiger charge is -2.16. The first-order chi connectivity index (χ1) is 13.7. The predicted molar refractivity (Wildman–Crippen MR) is 106 cm³/mol. The molecular weight excluding hydrogens is 399 g/mol. The van der Waals surface area contributed by atoms with Gasteiger partial charge in [0.2, 0.25) is 5.16 Å². The molecule has 1 aliphatic heterocycles. The molecule has 3 heterocycles. The Morgan fingerprint density at radius 1 is 1.11 bits per heavy atom. The van der Waals surface area contributed by atoms with Gasteiger partial charge in [0.25, 0.3) is 0 Å². The van der Waals surface area contributed by atoms with E-state index in [0.29, 0.717) is 28.8 Å². The highest BCUT2D eigenvalue weighted by molar-refractivity contribution is 7.99. The molecule has 146 valence electrons. The summed E-state index contributed by atoms with van der Waals surface area (Å²) in [5.74, 6) is 0.415. The van der Waals surface area contributed by atoms with Crippen LogP contribution in [0, 0.1) is 5.82 Å². The fraction of sp³-hybridized carbons (Fsp3) is 0.368. The van der Waals surface area contributed by atoms with E-state index >= 15 is 0 Å². The minimum atomic E-state index is -0.401. The zero-order valence-corrected chi connectivity index (χ0v) is 17.0. The molecule has 0 N–H and O–H groups in total. The number of rotatable bonds is 6. The molecule has 1 saturated heterocycles. The Kier molecular flexibility index (Phi) is 5.89. The van der Waals surface area contributed by atoms with E-state index < -0.39 is 5.82 Å². The van der Waals surface area contributed by atoms with Crippen molar-refractivity contribution in [2.45, 2.75) is 42.9 Å². The van der Waals surface area contributed by atoms with E-state index in [1.54, 1.807) is 0 Å². The molecule has 0 amide bonds. The van der Waals surface area contributed by atoms with Crippen LogP contribution in [0.25, 0.3) is 5.69 Å². The molecular formula is C19H20ClFN6S. The van der Waals surface area contributed by atoms with Gasteiger partial charge in [0.1, 0.15) is 11.4 Å². The van der Waals surface area contributed by atoms with Gasteiger partial charge < -0.3 is 0 Å². The molecule has 0 spiro atoms. The van der Waals surface area contributed by atoms with Crippen molar-refractivity contribution >= 4 is 23.4 Å². The van der Waals surface area contributed by atoms with Gasteiger partial charge in [-0.1, -0.05) is 18.5 Å². The van der Waals surface area contributed by atoms with Gasteiger partial charge in [0, 0.05) is 10.7 Å². The summed E-state index contributed by atoms with van der Waals surface area (Å²) in [6.07, 6.45) is 4.29. The summed E-state index contributed by atoms with van der Waals surface area (Å²) in [7, 11) is 0. The minimum absolute atomic E-state index is 0.252. The Hall–Kier alpha value is -2.03.